The third-order valence-corrected chi connectivity index (χ3v) is 2.32. The first-order chi connectivity index (χ1) is 6.36. The van der Waals surface area contributed by atoms with Gasteiger partial charge in [0.25, 0.3) is 0 Å². The van der Waals surface area contributed by atoms with Crippen molar-refractivity contribution in [2.75, 3.05) is 31.1 Å². The van der Waals surface area contributed by atoms with E-state index in [1.165, 1.54) is 13.1 Å². The Morgan fingerprint density at radius 2 is 2.08 bits per heavy atom. The molecule has 0 unspecified atom stereocenters. The van der Waals surface area contributed by atoms with Crippen LogP contribution in [0.25, 0.3) is 0 Å². The SMILES string of the molecule is Cc1cc(N2CC[NH2+]CC2)ncn1. The number of hydrogen-bond donors (Lipinski definition) is 1. The first-order valence-electron chi connectivity index (χ1n) is 4.71. The number of rotatable bonds is 1. The predicted octanol–water partition coefficient (Wildman–Crippen LogP) is -0.832. The van der Waals surface area contributed by atoms with Crippen LogP contribution in [0.3, 0.4) is 0 Å². The van der Waals surface area contributed by atoms with Crippen molar-refractivity contribution in [3.8, 4) is 0 Å². The van der Waals surface area contributed by atoms with E-state index in [1.54, 1.807) is 6.33 Å². The number of aromatic nitrogens is 2. The molecule has 0 aliphatic carbocycles. The van der Waals surface area contributed by atoms with E-state index < -0.39 is 0 Å². The summed E-state index contributed by atoms with van der Waals surface area (Å²) in [5.74, 6) is 1.07. The Morgan fingerprint density at radius 1 is 1.31 bits per heavy atom. The van der Waals surface area contributed by atoms with Crippen molar-refractivity contribution in [2.24, 2.45) is 0 Å². The smallest absolute Gasteiger partial charge is 0.132 e. The second-order valence-corrected chi connectivity index (χ2v) is 3.37. The Bertz CT molecular complexity index is 281. The van der Waals surface area contributed by atoms with E-state index >= 15 is 0 Å². The van der Waals surface area contributed by atoms with Crippen LogP contribution in [0, 0.1) is 6.92 Å². The highest BCUT2D eigenvalue weighted by Gasteiger charge is 2.13. The average molecular weight is 179 g/mol. The lowest BCUT2D eigenvalue weighted by Crippen LogP contribution is -2.89. The zero-order valence-electron chi connectivity index (χ0n) is 7.90. The van der Waals surface area contributed by atoms with Crippen LogP contribution in [0.4, 0.5) is 5.82 Å². The van der Waals surface area contributed by atoms with Gasteiger partial charge in [0.1, 0.15) is 12.1 Å². The van der Waals surface area contributed by atoms with Crippen molar-refractivity contribution in [3.63, 3.8) is 0 Å². The molecule has 13 heavy (non-hydrogen) atoms. The van der Waals surface area contributed by atoms with E-state index in [0.717, 1.165) is 24.6 Å². The monoisotopic (exact) mass is 179 g/mol. The summed E-state index contributed by atoms with van der Waals surface area (Å²) >= 11 is 0. The highest BCUT2D eigenvalue weighted by molar-refractivity contribution is 5.38. The molecule has 4 heteroatoms. The lowest BCUT2D eigenvalue weighted by molar-refractivity contribution is -0.655. The molecule has 1 aliphatic rings. The molecule has 0 saturated carbocycles. The molecule has 2 N–H and O–H groups in total. The summed E-state index contributed by atoms with van der Waals surface area (Å²) in [6.07, 6.45) is 1.64. The van der Waals surface area contributed by atoms with Gasteiger partial charge in [-0.15, -0.1) is 0 Å². The topological polar surface area (TPSA) is 45.6 Å². The lowest BCUT2D eigenvalue weighted by Gasteiger charge is -2.26. The average Bonchev–Trinajstić information content (AvgIpc) is 2.19. The molecule has 0 amide bonds. The van der Waals surface area contributed by atoms with E-state index in [2.05, 4.69) is 20.2 Å². The Kier molecular flexibility index (Phi) is 2.40. The number of hydrogen-bond acceptors (Lipinski definition) is 3. The maximum atomic E-state index is 4.26. The molecular formula is C9H15N4+. The Hall–Kier alpha value is -1.16. The molecule has 0 bridgehead atoms. The van der Waals surface area contributed by atoms with Crippen LogP contribution in [-0.2, 0) is 0 Å². The molecule has 1 aromatic rings. The summed E-state index contributed by atoms with van der Waals surface area (Å²) in [4.78, 5) is 10.7. The first kappa shape index (κ1) is 8.44. The van der Waals surface area contributed by atoms with Gasteiger partial charge >= 0.3 is 0 Å². The summed E-state index contributed by atoms with van der Waals surface area (Å²) < 4.78 is 0. The van der Waals surface area contributed by atoms with Gasteiger partial charge in [-0.3, -0.25) is 0 Å². The number of anilines is 1. The van der Waals surface area contributed by atoms with Crippen LogP contribution in [0.15, 0.2) is 12.4 Å². The summed E-state index contributed by atoms with van der Waals surface area (Å²) in [6.45, 7) is 6.53. The van der Waals surface area contributed by atoms with E-state index in [9.17, 15) is 0 Å². The van der Waals surface area contributed by atoms with Crippen molar-refractivity contribution in [3.05, 3.63) is 18.1 Å². The Labute approximate surface area is 78.0 Å². The molecule has 1 fully saturated rings. The number of piperazine rings is 1. The van der Waals surface area contributed by atoms with Gasteiger partial charge in [0, 0.05) is 11.8 Å². The quantitative estimate of drug-likeness (QED) is 0.612. The molecule has 0 spiro atoms. The van der Waals surface area contributed by atoms with Crippen molar-refractivity contribution < 1.29 is 5.32 Å². The highest BCUT2D eigenvalue weighted by Crippen LogP contribution is 2.09. The fourth-order valence-corrected chi connectivity index (χ4v) is 1.59. The fourth-order valence-electron chi connectivity index (χ4n) is 1.59. The molecule has 0 radical (unpaired) electrons. The van der Waals surface area contributed by atoms with E-state index in [1.807, 2.05) is 13.0 Å². The first-order valence-corrected chi connectivity index (χ1v) is 4.71. The van der Waals surface area contributed by atoms with E-state index in [0.29, 0.717) is 0 Å². The predicted molar refractivity (Wildman–Crippen MR) is 50.6 cm³/mol. The standard InChI is InChI=1S/C9H14N4/c1-8-6-9(12-7-11-8)13-4-2-10-3-5-13/h6-7,10H,2-5H2,1H3/p+1. The lowest BCUT2D eigenvalue weighted by atomic mass is 10.3. The molecule has 0 atom stereocenters. The van der Waals surface area contributed by atoms with Crippen molar-refractivity contribution in [1.29, 1.82) is 0 Å². The normalized spacial score (nSPS) is 17.5. The van der Waals surface area contributed by atoms with Crippen molar-refractivity contribution in [1.82, 2.24) is 9.97 Å². The van der Waals surface area contributed by atoms with Crippen LogP contribution in [0.1, 0.15) is 5.69 Å². The third kappa shape index (κ3) is 1.95. The van der Waals surface area contributed by atoms with Crippen LogP contribution in [0.2, 0.25) is 0 Å². The second-order valence-electron chi connectivity index (χ2n) is 3.37. The maximum absolute atomic E-state index is 4.26. The van der Waals surface area contributed by atoms with E-state index in [4.69, 9.17) is 0 Å². The minimum absolute atomic E-state index is 1.04. The van der Waals surface area contributed by atoms with Crippen molar-refractivity contribution >= 4 is 5.82 Å². The van der Waals surface area contributed by atoms with Crippen LogP contribution in [-0.4, -0.2) is 36.1 Å². The maximum Gasteiger partial charge on any atom is 0.132 e. The third-order valence-electron chi connectivity index (χ3n) is 2.32. The van der Waals surface area contributed by atoms with Gasteiger partial charge in [-0.25, -0.2) is 9.97 Å². The molecule has 4 nitrogen and oxygen atoms in total. The number of quaternary nitrogens is 1. The van der Waals surface area contributed by atoms with Crippen molar-refractivity contribution in [2.45, 2.75) is 6.92 Å². The van der Waals surface area contributed by atoms with Crippen LogP contribution in [0.5, 0.6) is 0 Å². The minimum Gasteiger partial charge on any atom is -0.345 e. The summed E-state index contributed by atoms with van der Waals surface area (Å²) in [5, 5.41) is 2.34. The summed E-state index contributed by atoms with van der Waals surface area (Å²) in [6, 6.07) is 2.05. The number of aryl methyl sites for hydroxylation is 1. The van der Waals surface area contributed by atoms with E-state index in [-0.39, 0.29) is 0 Å². The van der Waals surface area contributed by atoms with Gasteiger partial charge in [-0.2, -0.15) is 0 Å². The number of nitrogens with zero attached hydrogens (tertiary/aromatic N) is 3. The van der Waals surface area contributed by atoms with Crippen LogP contribution < -0.4 is 10.2 Å². The zero-order chi connectivity index (χ0) is 9.10. The van der Waals surface area contributed by atoms with Crippen LogP contribution >= 0.6 is 0 Å². The molecule has 1 aliphatic heterocycles. The minimum atomic E-state index is 1.04. The molecule has 1 saturated heterocycles. The molecule has 70 valence electrons. The second kappa shape index (κ2) is 3.70. The highest BCUT2D eigenvalue weighted by atomic mass is 15.2. The Balaban J connectivity index is 2.14. The van der Waals surface area contributed by atoms with Gasteiger partial charge in [-0.1, -0.05) is 0 Å². The van der Waals surface area contributed by atoms with Gasteiger partial charge in [0.2, 0.25) is 0 Å². The summed E-state index contributed by atoms with van der Waals surface area (Å²) in [7, 11) is 0. The Morgan fingerprint density at radius 3 is 2.77 bits per heavy atom. The zero-order valence-corrected chi connectivity index (χ0v) is 7.90. The van der Waals surface area contributed by atoms with Gasteiger partial charge < -0.3 is 10.2 Å². The summed E-state index contributed by atoms with van der Waals surface area (Å²) in [5.41, 5.74) is 1.04. The molecule has 2 heterocycles. The fraction of sp³-hybridized carbons (Fsp3) is 0.556. The van der Waals surface area contributed by atoms with Gasteiger partial charge in [0.15, 0.2) is 0 Å². The van der Waals surface area contributed by atoms with Gasteiger partial charge in [0.05, 0.1) is 26.2 Å². The molecule has 0 aromatic carbocycles. The molecule has 1 aromatic heterocycles. The van der Waals surface area contributed by atoms with Gasteiger partial charge in [-0.05, 0) is 6.92 Å². The number of nitrogens with two attached hydrogens (primary N) is 1. The molecular weight excluding hydrogens is 164 g/mol. The largest absolute Gasteiger partial charge is 0.345 e. The molecule has 2 rings (SSSR count).